The van der Waals surface area contributed by atoms with E-state index >= 15 is 0 Å². The van der Waals surface area contributed by atoms with Gasteiger partial charge in [0, 0.05) is 37.4 Å². The van der Waals surface area contributed by atoms with Crippen LogP contribution in [0.15, 0.2) is 48.5 Å². The van der Waals surface area contributed by atoms with Gasteiger partial charge < -0.3 is 14.4 Å². The van der Waals surface area contributed by atoms with Crippen molar-refractivity contribution < 1.29 is 9.47 Å². The van der Waals surface area contributed by atoms with Crippen LogP contribution in [0.4, 0.5) is 5.69 Å². The zero-order valence-electron chi connectivity index (χ0n) is 20.1. The van der Waals surface area contributed by atoms with E-state index in [0.29, 0.717) is 6.04 Å². The molecule has 1 aliphatic heterocycles. The molecular weight excluding hydrogens is 428 g/mol. The molecule has 0 spiro atoms. The van der Waals surface area contributed by atoms with Crippen molar-refractivity contribution in [1.82, 2.24) is 25.1 Å². The average molecular weight is 463 g/mol. The third-order valence-electron chi connectivity index (χ3n) is 7.22. The molecule has 2 heterocycles. The molecule has 2 fully saturated rings. The molecule has 0 bridgehead atoms. The first-order chi connectivity index (χ1) is 16.8. The molecule has 180 valence electrons. The lowest BCUT2D eigenvalue weighted by Crippen LogP contribution is -2.48. The number of piperazine rings is 1. The summed E-state index contributed by atoms with van der Waals surface area (Å²) in [7, 11) is 3.42. The van der Waals surface area contributed by atoms with Gasteiger partial charge in [-0.15, -0.1) is 5.10 Å². The number of methoxy groups -OCH3 is 2. The van der Waals surface area contributed by atoms with Crippen molar-refractivity contribution in [3.05, 3.63) is 59.9 Å². The largest absolute Gasteiger partial charge is 0.497 e. The van der Waals surface area contributed by atoms with Gasteiger partial charge in [0.25, 0.3) is 0 Å². The van der Waals surface area contributed by atoms with E-state index in [2.05, 4.69) is 66.4 Å². The van der Waals surface area contributed by atoms with Crippen molar-refractivity contribution in [3.8, 4) is 11.5 Å². The van der Waals surface area contributed by atoms with Gasteiger partial charge in [0.2, 0.25) is 0 Å². The molecule has 0 radical (unpaired) electrons. The van der Waals surface area contributed by atoms with Crippen LogP contribution < -0.4 is 14.4 Å². The Kier molecular flexibility index (Phi) is 6.94. The number of nitrogens with zero attached hydrogens (tertiary/aromatic N) is 6. The van der Waals surface area contributed by atoms with Crippen molar-refractivity contribution in [2.24, 2.45) is 0 Å². The Morgan fingerprint density at radius 3 is 2.35 bits per heavy atom. The fraction of sp³-hybridized carbons (Fsp3) is 0.500. The number of anilines is 1. The van der Waals surface area contributed by atoms with Crippen LogP contribution in [0.3, 0.4) is 0 Å². The monoisotopic (exact) mass is 462 g/mol. The standard InChI is InChI=1S/C26H34N6O2/c1-33-22-13-14-24(34-2)23(19-22)25(26-27-28-29-32(26)21-11-7-4-8-12-21)31-17-15-30(16-18-31)20-9-5-3-6-10-20/h3,5-6,9-10,13-14,19,21,25H,4,7-8,11-12,15-18H2,1-2H3/t25-/m0/s1. The maximum atomic E-state index is 5.82. The first-order valence-electron chi connectivity index (χ1n) is 12.3. The first kappa shape index (κ1) is 22.7. The van der Waals surface area contributed by atoms with Gasteiger partial charge >= 0.3 is 0 Å². The second-order valence-corrected chi connectivity index (χ2v) is 9.14. The molecule has 2 aromatic carbocycles. The van der Waals surface area contributed by atoms with E-state index in [9.17, 15) is 0 Å². The highest BCUT2D eigenvalue weighted by molar-refractivity contribution is 5.47. The summed E-state index contributed by atoms with van der Waals surface area (Å²) in [6.45, 7) is 3.69. The number of para-hydroxylation sites is 1. The van der Waals surface area contributed by atoms with Crippen LogP contribution in [0.1, 0.15) is 55.6 Å². The lowest BCUT2D eigenvalue weighted by Gasteiger charge is -2.40. The van der Waals surface area contributed by atoms with Crippen molar-refractivity contribution >= 4 is 5.69 Å². The van der Waals surface area contributed by atoms with Gasteiger partial charge in [0.05, 0.1) is 20.3 Å². The van der Waals surface area contributed by atoms with Crippen LogP contribution >= 0.6 is 0 Å². The summed E-state index contributed by atoms with van der Waals surface area (Å²) < 4.78 is 13.5. The Bertz CT molecular complexity index is 1060. The van der Waals surface area contributed by atoms with Crippen LogP contribution in [0.25, 0.3) is 0 Å². The molecule has 1 aromatic heterocycles. The molecule has 3 aromatic rings. The minimum atomic E-state index is -0.111. The molecule has 1 saturated heterocycles. The number of aromatic nitrogens is 4. The van der Waals surface area contributed by atoms with Gasteiger partial charge in [-0.25, -0.2) is 4.68 Å². The third-order valence-corrected chi connectivity index (χ3v) is 7.22. The predicted octanol–water partition coefficient (Wildman–Crippen LogP) is 4.11. The normalized spacial score (nSPS) is 18.6. The van der Waals surface area contributed by atoms with Crippen LogP contribution in [0.5, 0.6) is 11.5 Å². The fourth-order valence-electron chi connectivity index (χ4n) is 5.40. The molecule has 1 atom stereocenters. The Morgan fingerprint density at radius 2 is 1.65 bits per heavy atom. The van der Waals surface area contributed by atoms with Crippen LogP contribution in [-0.4, -0.2) is 65.5 Å². The minimum Gasteiger partial charge on any atom is -0.497 e. The third kappa shape index (κ3) is 4.59. The molecule has 8 nitrogen and oxygen atoms in total. The molecule has 0 unspecified atom stereocenters. The van der Waals surface area contributed by atoms with Crippen molar-refractivity contribution in [2.75, 3.05) is 45.3 Å². The maximum Gasteiger partial charge on any atom is 0.173 e. The average Bonchev–Trinajstić information content (AvgIpc) is 3.39. The lowest BCUT2D eigenvalue weighted by molar-refractivity contribution is 0.190. The maximum absolute atomic E-state index is 5.82. The molecule has 2 aliphatic rings. The number of hydrogen-bond donors (Lipinski definition) is 0. The zero-order valence-corrected chi connectivity index (χ0v) is 20.1. The van der Waals surface area contributed by atoms with Crippen molar-refractivity contribution in [1.29, 1.82) is 0 Å². The van der Waals surface area contributed by atoms with Gasteiger partial charge in [-0.05, 0) is 53.6 Å². The minimum absolute atomic E-state index is 0.111. The first-order valence-corrected chi connectivity index (χ1v) is 12.3. The lowest BCUT2D eigenvalue weighted by atomic mass is 9.94. The van der Waals surface area contributed by atoms with Crippen LogP contribution in [0.2, 0.25) is 0 Å². The topological polar surface area (TPSA) is 68.5 Å². The summed E-state index contributed by atoms with van der Waals surface area (Å²) >= 11 is 0. The highest BCUT2D eigenvalue weighted by atomic mass is 16.5. The molecule has 0 N–H and O–H groups in total. The van der Waals surface area contributed by atoms with E-state index in [4.69, 9.17) is 9.47 Å². The summed E-state index contributed by atoms with van der Waals surface area (Å²) in [6, 6.07) is 16.9. The summed E-state index contributed by atoms with van der Waals surface area (Å²) in [5.41, 5.74) is 2.31. The van der Waals surface area contributed by atoms with E-state index in [1.54, 1.807) is 14.2 Å². The van der Waals surface area contributed by atoms with Crippen LogP contribution in [-0.2, 0) is 0 Å². The second-order valence-electron chi connectivity index (χ2n) is 9.14. The predicted molar refractivity (Wildman–Crippen MR) is 132 cm³/mol. The second kappa shape index (κ2) is 10.4. The van der Waals surface area contributed by atoms with Gasteiger partial charge in [0.15, 0.2) is 5.82 Å². The number of rotatable bonds is 7. The van der Waals surface area contributed by atoms with E-state index in [1.807, 2.05) is 12.1 Å². The molecule has 8 heteroatoms. The van der Waals surface area contributed by atoms with E-state index < -0.39 is 0 Å². The Hall–Kier alpha value is -3.13. The molecule has 0 amide bonds. The number of benzene rings is 2. The number of hydrogen-bond acceptors (Lipinski definition) is 7. The summed E-state index contributed by atoms with van der Waals surface area (Å²) in [4.78, 5) is 4.93. The van der Waals surface area contributed by atoms with Gasteiger partial charge in [0.1, 0.15) is 17.5 Å². The summed E-state index contributed by atoms with van der Waals surface area (Å²) in [5.74, 6) is 2.53. The molecule has 34 heavy (non-hydrogen) atoms. The van der Waals surface area contributed by atoms with E-state index in [-0.39, 0.29) is 6.04 Å². The SMILES string of the molecule is COc1ccc(OC)c([C@@H](c2nnnn2C2CCCCC2)N2CCN(c3ccccc3)CC2)c1. The Labute approximate surface area is 201 Å². The Morgan fingerprint density at radius 1 is 0.882 bits per heavy atom. The van der Waals surface area contributed by atoms with Crippen molar-refractivity contribution in [2.45, 2.75) is 44.2 Å². The molecular formula is C26H34N6O2. The molecule has 1 aliphatic carbocycles. The Balaban J connectivity index is 1.50. The highest BCUT2D eigenvalue weighted by Crippen LogP contribution is 2.39. The van der Waals surface area contributed by atoms with Gasteiger partial charge in [-0.1, -0.05) is 37.5 Å². The highest BCUT2D eigenvalue weighted by Gasteiger charge is 2.34. The summed E-state index contributed by atoms with van der Waals surface area (Å²) in [5, 5.41) is 13.2. The fourth-order valence-corrected chi connectivity index (χ4v) is 5.40. The van der Waals surface area contributed by atoms with E-state index in [0.717, 1.165) is 61.9 Å². The molecule has 1 saturated carbocycles. The van der Waals surface area contributed by atoms with Gasteiger partial charge in [-0.2, -0.15) is 0 Å². The van der Waals surface area contributed by atoms with Gasteiger partial charge in [-0.3, -0.25) is 4.90 Å². The van der Waals surface area contributed by atoms with E-state index in [1.165, 1.54) is 24.9 Å². The smallest absolute Gasteiger partial charge is 0.173 e. The zero-order chi connectivity index (χ0) is 23.3. The summed E-state index contributed by atoms with van der Waals surface area (Å²) in [6.07, 6.45) is 6.01. The van der Waals surface area contributed by atoms with Crippen molar-refractivity contribution in [3.63, 3.8) is 0 Å². The number of tetrazole rings is 1. The molecule has 5 rings (SSSR count). The van der Waals surface area contributed by atoms with Crippen LogP contribution in [0, 0.1) is 0 Å². The quantitative estimate of drug-likeness (QED) is 0.523. The number of ether oxygens (including phenoxy) is 2.